The van der Waals surface area contributed by atoms with E-state index in [1.165, 1.54) is 205 Å². The van der Waals surface area contributed by atoms with Crippen molar-refractivity contribution in [3.8, 4) is 0 Å². The Morgan fingerprint density at radius 2 is 0.713 bits per heavy atom. The highest BCUT2D eigenvalue weighted by Gasteiger charge is 2.22. The molecule has 2 atom stereocenters. The smallest absolute Gasteiger partial charge is 0.306 e. The number of hydrogen-bond acceptors (Lipinski definition) is 8. The molecule has 0 aromatic rings. The molecular formula is C71H129NO8. The van der Waals surface area contributed by atoms with Crippen molar-refractivity contribution in [2.75, 3.05) is 47.5 Å². The van der Waals surface area contributed by atoms with E-state index in [1.54, 1.807) is 0 Å². The van der Waals surface area contributed by atoms with Crippen molar-refractivity contribution in [3.05, 3.63) is 60.8 Å². The summed E-state index contributed by atoms with van der Waals surface area (Å²) in [7, 11) is 5.93. The van der Waals surface area contributed by atoms with Gasteiger partial charge < -0.3 is 33.3 Å². The molecule has 0 spiro atoms. The van der Waals surface area contributed by atoms with E-state index < -0.39 is 24.3 Å². The van der Waals surface area contributed by atoms with Crippen molar-refractivity contribution >= 4 is 17.9 Å². The Hall–Kier alpha value is -3.01. The van der Waals surface area contributed by atoms with Crippen LogP contribution in [0.25, 0.3) is 0 Å². The van der Waals surface area contributed by atoms with Crippen LogP contribution in [0, 0.1) is 0 Å². The maximum atomic E-state index is 12.9. The molecule has 0 aliphatic rings. The minimum absolute atomic E-state index is 0.144. The summed E-state index contributed by atoms with van der Waals surface area (Å²) in [6.45, 7) is 4.67. The standard InChI is InChI=1S/C71H129NO8/c1-6-8-10-12-14-16-18-20-22-24-26-28-30-31-32-33-34-35-36-37-38-40-41-43-45-47-49-51-53-55-57-59-61-68(73)78-65-67(66-79-71(70(75)76)77-64-63-72(3,4)5)80-69(74)62-60-58-56-54-52-50-48-46-44-42-39-29-27-25-23-21-19-17-15-13-11-9-7-2/h9,11,15,17,21,23,27,29,42,44,67,71H,6-8,10,12-14,16,18-20,22,24-26,28,30-41,43,45-66H2,1-5H3/b11-9-,17-15-,23-21-,29-27-,44-42-. The molecular weight excluding hydrogens is 995 g/mol. The van der Waals surface area contributed by atoms with E-state index in [9.17, 15) is 19.5 Å². The van der Waals surface area contributed by atoms with Gasteiger partial charge >= 0.3 is 11.9 Å². The molecule has 0 bridgehead atoms. The Morgan fingerprint density at radius 3 is 1.06 bits per heavy atom. The first kappa shape index (κ1) is 77.0. The van der Waals surface area contributed by atoms with Crippen molar-refractivity contribution in [2.45, 2.75) is 328 Å². The lowest BCUT2D eigenvalue weighted by atomic mass is 10.0. The second-order valence-electron chi connectivity index (χ2n) is 24.1. The van der Waals surface area contributed by atoms with Gasteiger partial charge in [-0.05, 0) is 57.8 Å². The summed E-state index contributed by atoms with van der Waals surface area (Å²) in [6.07, 6.45) is 77.3. The van der Waals surface area contributed by atoms with Crippen molar-refractivity contribution in [3.63, 3.8) is 0 Å². The highest BCUT2D eigenvalue weighted by Crippen LogP contribution is 2.18. The van der Waals surface area contributed by atoms with Gasteiger partial charge in [0.15, 0.2) is 12.4 Å². The topological polar surface area (TPSA) is 111 Å². The number of aliphatic carboxylic acids is 1. The third-order valence-corrected chi connectivity index (χ3v) is 15.0. The summed E-state index contributed by atoms with van der Waals surface area (Å²) in [5.74, 6) is -2.28. The predicted molar refractivity (Wildman–Crippen MR) is 338 cm³/mol. The molecule has 2 unspecified atom stereocenters. The van der Waals surface area contributed by atoms with Crippen molar-refractivity contribution in [2.24, 2.45) is 0 Å². The molecule has 0 saturated carbocycles. The number of unbranched alkanes of at least 4 members (excludes halogenated alkanes) is 38. The molecule has 80 heavy (non-hydrogen) atoms. The molecule has 0 N–H and O–H groups in total. The van der Waals surface area contributed by atoms with E-state index in [1.807, 2.05) is 21.1 Å². The van der Waals surface area contributed by atoms with Crippen LogP contribution in [-0.2, 0) is 33.3 Å². The van der Waals surface area contributed by atoms with Crippen LogP contribution in [0.2, 0.25) is 0 Å². The number of allylic oxidation sites excluding steroid dienone is 10. The SMILES string of the molecule is CC/C=C\C/C=C\C/C=C\C/C=C\C/C=C\CCCCCCCCCC(=O)OC(COC(=O)CCCCCCCCCCCCCCCCCCCCCCCCCCCCCCCCCC)COC(OCC[N+](C)(C)C)C(=O)[O-]. The van der Waals surface area contributed by atoms with Crippen LogP contribution in [0.15, 0.2) is 60.8 Å². The van der Waals surface area contributed by atoms with Gasteiger partial charge in [-0.15, -0.1) is 0 Å². The van der Waals surface area contributed by atoms with Gasteiger partial charge in [-0.2, -0.15) is 0 Å². The maximum Gasteiger partial charge on any atom is 0.306 e. The number of carbonyl (C=O) groups excluding carboxylic acids is 3. The quantitative estimate of drug-likeness (QED) is 0.0195. The first-order chi connectivity index (χ1) is 39.1. The molecule has 0 aliphatic carbocycles. The van der Waals surface area contributed by atoms with Gasteiger partial charge in [0, 0.05) is 12.8 Å². The molecule has 466 valence electrons. The number of likely N-dealkylation sites (N-methyl/N-ethyl adjacent to an activating group) is 1. The minimum atomic E-state index is -1.63. The number of carboxylic acid groups (broad SMARTS) is 1. The summed E-state index contributed by atoms with van der Waals surface area (Å²) in [5.41, 5.74) is 0. The fourth-order valence-corrected chi connectivity index (χ4v) is 9.86. The zero-order chi connectivity index (χ0) is 58.3. The summed E-state index contributed by atoms with van der Waals surface area (Å²) in [6, 6.07) is 0. The third kappa shape index (κ3) is 62.6. The number of ether oxygens (including phenoxy) is 4. The molecule has 0 fully saturated rings. The number of nitrogens with zero attached hydrogens (tertiary/aromatic N) is 1. The average molecular weight is 1120 g/mol. The molecule has 0 rings (SSSR count). The van der Waals surface area contributed by atoms with Crippen LogP contribution in [0.3, 0.4) is 0 Å². The molecule has 0 amide bonds. The zero-order valence-corrected chi connectivity index (χ0v) is 53.2. The Balaban J connectivity index is 4.09. The molecule has 9 heteroatoms. The Labute approximate surface area is 495 Å². The van der Waals surface area contributed by atoms with Crippen LogP contribution in [0.4, 0.5) is 0 Å². The van der Waals surface area contributed by atoms with E-state index >= 15 is 0 Å². The summed E-state index contributed by atoms with van der Waals surface area (Å²) < 4.78 is 22.8. The minimum Gasteiger partial charge on any atom is -0.545 e. The highest BCUT2D eigenvalue weighted by atomic mass is 16.7. The predicted octanol–water partition coefficient (Wildman–Crippen LogP) is 19.4. The number of hydrogen-bond donors (Lipinski definition) is 0. The van der Waals surface area contributed by atoms with Gasteiger partial charge in [-0.1, -0.05) is 306 Å². The number of carboxylic acids is 1. The van der Waals surface area contributed by atoms with E-state index in [-0.39, 0.29) is 32.2 Å². The van der Waals surface area contributed by atoms with Crippen LogP contribution in [0.5, 0.6) is 0 Å². The lowest BCUT2D eigenvalue weighted by Gasteiger charge is -2.26. The summed E-state index contributed by atoms with van der Waals surface area (Å²) in [5, 5.41) is 11.8. The van der Waals surface area contributed by atoms with E-state index in [0.717, 1.165) is 77.0 Å². The molecule has 0 aromatic carbocycles. The largest absolute Gasteiger partial charge is 0.545 e. The van der Waals surface area contributed by atoms with Gasteiger partial charge in [0.05, 0.1) is 40.3 Å². The molecule has 9 nitrogen and oxygen atoms in total. The fourth-order valence-electron chi connectivity index (χ4n) is 9.86. The summed E-state index contributed by atoms with van der Waals surface area (Å²) in [4.78, 5) is 37.4. The van der Waals surface area contributed by atoms with Gasteiger partial charge in [-0.3, -0.25) is 9.59 Å². The maximum absolute atomic E-state index is 12.9. The Morgan fingerprint density at radius 1 is 0.388 bits per heavy atom. The Bertz CT molecular complexity index is 1500. The van der Waals surface area contributed by atoms with Crippen LogP contribution in [0.1, 0.15) is 316 Å². The second-order valence-corrected chi connectivity index (χ2v) is 24.1. The molecule has 0 radical (unpaired) electrons. The zero-order valence-electron chi connectivity index (χ0n) is 53.2. The third-order valence-electron chi connectivity index (χ3n) is 15.0. The Kier molecular flexibility index (Phi) is 59.7. The number of carbonyl (C=O) groups is 3. The van der Waals surface area contributed by atoms with E-state index in [2.05, 4.69) is 74.6 Å². The van der Waals surface area contributed by atoms with Gasteiger partial charge in [-0.25, -0.2) is 0 Å². The lowest BCUT2D eigenvalue weighted by Crippen LogP contribution is -2.44. The number of esters is 2. The number of rotatable bonds is 63. The van der Waals surface area contributed by atoms with Gasteiger partial charge in [0.25, 0.3) is 0 Å². The monoisotopic (exact) mass is 1120 g/mol. The van der Waals surface area contributed by atoms with Crippen molar-refractivity contribution in [1.82, 2.24) is 0 Å². The van der Waals surface area contributed by atoms with E-state index in [4.69, 9.17) is 18.9 Å². The van der Waals surface area contributed by atoms with Gasteiger partial charge in [0.1, 0.15) is 13.2 Å². The molecule has 0 aromatic heterocycles. The number of quaternary nitrogens is 1. The van der Waals surface area contributed by atoms with E-state index in [0.29, 0.717) is 23.9 Å². The summed E-state index contributed by atoms with van der Waals surface area (Å²) >= 11 is 0. The van der Waals surface area contributed by atoms with Crippen molar-refractivity contribution < 1.29 is 42.9 Å². The lowest BCUT2D eigenvalue weighted by molar-refractivity contribution is -0.870. The second kappa shape index (κ2) is 62.0. The van der Waals surface area contributed by atoms with Crippen LogP contribution < -0.4 is 5.11 Å². The first-order valence-electron chi connectivity index (χ1n) is 33.9. The normalized spacial score (nSPS) is 13.1. The first-order valence-corrected chi connectivity index (χ1v) is 33.9. The average Bonchev–Trinajstić information content (AvgIpc) is 3.43. The van der Waals surface area contributed by atoms with Crippen LogP contribution in [-0.4, -0.2) is 82.3 Å². The molecule has 0 saturated heterocycles. The molecule has 0 aliphatic heterocycles. The van der Waals surface area contributed by atoms with Gasteiger partial charge in [0.2, 0.25) is 0 Å². The van der Waals surface area contributed by atoms with Crippen LogP contribution >= 0.6 is 0 Å². The highest BCUT2D eigenvalue weighted by molar-refractivity contribution is 5.70. The molecule has 0 heterocycles. The van der Waals surface area contributed by atoms with Crippen molar-refractivity contribution in [1.29, 1.82) is 0 Å². The fraction of sp³-hybridized carbons (Fsp3) is 0.817.